The van der Waals surface area contributed by atoms with Crippen molar-refractivity contribution in [3.8, 4) is 5.88 Å². The third kappa shape index (κ3) is 3.43. The van der Waals surface area contributed by atoms with Crippen LogP contribution in [0.4, 0.5) is 10.1 Å². The van der Waals surface area contributed by atoms with Crippen molar-refractivity contribution in [3.63, 3.8) is 0 Å². The third-order valence-corrected chi connectivity index (χ3v) is 7.07. The molecule has 1 saturated heterocycles. The third-order valence-electron chi connectivity index (χ3n) is 7.07. The molecule has 4 rings (SSSR count). The topological polar surface area (TPSA) is 57.8 Å². The standard InChI is InChI=1S/C22H30FN3O2/c1-14(2)15-3-6-17(7-4-15)25-11-9-18(10-12-25)26-20-8-5-16(23)13-19(20)21(24-28)22(26)27/h5,8,13-15,17-18,27H,3-4,6-7,9-12H2,1-2H3. The van der Waals surface area contributed by atoms with Gasteiger partial charge in [-0.2, -0.15) is 0 Å². The summed E-state index contributed by atoms with van der Waals surface area (Å²) in [6, 6.07) is 5.07. The van der Waals surface area contributed by atoms with Crippen molar-refractivity contribution < 1.29 is 9.50 Å². The van der Waals surface area contributed by atoms with Crippen molar-refractivity contribution in [1.29, 1.82) is 0 Å². The molecule has 152 valence electrons. The first-order chi connectivity index (χ1) is 13.5. The lowest BCUT2D eigenvalue weighted by Crippen LogP contribution is -2.43. The summed E-state index contributed by atoms with van der Waals surface area (Å²) in [5.41, 5.74) is 0.633. The number of piperidine rings is 1. The number of likely N-dealkylation sites (tertiary alicyclic amines) is 1. The maximum Gasteiger partial charge on any atom is 0.222 e. The van der Waals surface area contributed by atoms with E-state index in [1.54, 1.807) is 10.6 Å². The van der Waals surface area contributed by atoms with Crippen molar-refractivity contribution >= 4 is 16.6 Å². The second kappa shape index (κ2) is 7.82. The number of benzene rings is 1. The number of hydrogen-bond acceptors (Lipinski definition) is 4. The minimum Gasteiger partial charge on any atom is -0.493 e. The first-order valence-electron chi connectivity index (χ1n) is 10.6. The summed E-state index contributed by atoms with van der Waals surface area (Å²) >= 11 is 0. The monoisotopic (exact) mass is 387 g/mol. The van der Waals surface area contributed by atoms with Crippen LogP contribution in [0.15, 0.2) is 23.4 Å². The molecule has 2 aromatic rings. The van der Waals surface area contributed by atoms with E-state index in [-0.39, 0.29) is 17.6 Å². The Morgan fingerprint density at radius 1 is 1.07 bits per heavy atom. The molecule has 1 aliphatic heterocycles. The van der Waals surface area contributed by atoms with E-state index in [0.29, 0.717) is 16.9 Å². The first kappa shape index (κ1) is 19.4. The summed E-state index contributed by atoms with van der Waals surface area (Å²) in [6.07, 6.45) is 7.04. The Labute approximate surface area is 165 Å². The minimum atomic E-state index is -0.429. The SMILES string of the molecule is CC(C)C1CCC(N2CCC(n3c(O)c(N=O)c4cc(F)ccc43)CC2)CC1. The normalized spacial score (nSPS) is 24.9. The van der Waals surface area contributed by atoms with E-state index in [4.69, 9.17) is 0 Å². The summed E-state index contributed by atoms with van der Waals surface area (Å²) in [4.78, 5) is 13.8. The predicted molar refractivity (Wildman–Crippen MR) is 109 cm³/mol. The van der Waals surface area contributed by atoms with Crippen LogP contribution in [0.3, 0.4) is 0 Å². The average molecular weight is 387 g/mol. The Bertz CT molecular complexity index is 847. The van der Waals surface area contributed by atoms with E-state index >= 15 is 0 Å². The number of fused-ring (bicyclic) bond motifs is 1. The summed E-state index contributed by atoms with van der Waals surface area (Å²) in [7, 11) is 0. The van der Waals surface area contributed by atoms with Crippen LogP contribution >= 0.6 is 0 Å². The maximum absolute atomic E-state index is 13.6. The van der Waals surface area contributed by atoms with Crippen LogP contribution in [0.25, 0.3) is 10.9 Å². The highest BCUT2D eigenvalue weighted by Gasteiger charge is 2.32. The lowest BCUT2D eigenvalue weighted by molar-refractivity contribution is 0.0881. The number of aromatic hydroxyl groups is 1. The average Bonchev–Trinajstić information content (AvgIpc) is 2.98. The van der Waals surface area contributed by atoms with E-state index in [9.17, 15) is 14.4 Å². The zero-order chi connectivity index (χ0) is 19.8. The van der Waals surface area contributed by atoms with Gasteiger partial charge in [0.05, 0.1) is 5.52 Å². The number of rotatable bonds is 4. The van der Waals surface area contributed by atoms with Gasteiger partial charge in [0.15, 0.2) is 5.69 Å². The molecule has 1 saturated carbocycles. The fourth-order valence-electron chi connectivity index (χ4n) is 5.36. The van der Waals surface area contributed by atoms with E-state index < -0.39 is 5.82 Å². The molecule has 0 bridgehead atoms. The quantitative estimate of drug-likeness (QED) is 0.681. The predicted octanol–water partition coefficient (Wildman–Crippen LogP) is 5.74. The van der Waals surface area contributed by atoms with Crippen molar-refractivity contribution in [2.45, 2.75) is 64.5 Å². The molecule has 2 fully saturated rings. The van der Waals surface area contributed by atoms with Crippen LogP contribution in [0.1, 0.15) is 58.4 Å². The first-order valence-corrected chi connectivity index (χ1v) is 10.6. The summed E-state index contributed by atoms with van der Waals surface area (Å²) in [5.74, 6) is 1.08. The van der Waals surface area contributed by atoms with Gasteiger partial charge >= 0.3 is 0 Å². The zero-order valence-electron chi connectivity index (χ0n) is 16.8. The fourth-order valence-corrected chi connectivity index (χ4v) is 5.36. The van der Waals surface area contributed by atoms with Gasteiger partial charge < -0.3 is 14.6 Å². The van der Waals surface area contributed by atoms with Crippen molar-refractivity contribution in [2.75, 3.05) is 13.1 Å². The summed E-state index contributed by atoms with van der Waals surface area (Å²) < 4.78 is 15.4. The minimum absolute atomic E-state index is 0.0519. The van der Waals surface area contributed by atoms with Gasteiger partial charge in [-0.05, 0) is 73.7 Å². The molecule has 0 atom stereocenters. The van der Waals surface area contributed by atoms with Crippen LogP contribution in [-0.2, 0) is 0 Å². The van der Waals surface area contributed by atoms with Gasteiger partial charge in [0, 0.05) is 30.6 Å². The Kier molecular flexibility index (Phi) is 5.41. The van der Waals surface area contributed by atoms with Crippen molar-refractivity contribution in [1.82, 2.24) is 9.47 Å². The molecule has 1 aromatic heterocycles. The lowest BCUT2D eigenvalue weighted by Gasteiger charge is -2.42. The molecule has 5 nitrogen and oxygen atoms in total. The number of aromatic nitrogens is 1. The number of nitrogens with zero attached hydrogens (tertiary/aromatic N) is 3. The highest BCUT2D eigenvalue weighted by atomic mass is 19.1. The smallest absolute Gasteiger partial charge is 0.222 e. The van der Waals surface area contributed by atoms with Gasteiger partial charge in [-0.25, -0.2) is 4.39 Å². The van der Waals surface area contributed by atoms with E-state index in [1.165, 1.54) is 37.8 Å². The van der Waals surface area contributed by atoms with Crippen molar-refractivity contribution in [2.24, 2.45) is 17.0 Å². The van der Waals surface area contributed by atoms with E-state index in [1.807, 2.05) is 0 Å². The van der Waals surface area contributed by atoms with Gasteiger partial charge in [0.1, 0.15) is 5.82 Å². The second-order valence-electron chi connectivity index (χ2n) is 8.87. The van der Waals surface area contributed by atoms with Crippen molar-refractivity contribution in [3.05, 3.63) is 28.9 Å². The Morgan fingerprint density at radius 3 is 2.36 bits per heavy atom. The summed E-state index contributed by atoms with van der Waals surface area (Å²) in [5, 5.41) is 13.9. The molecule has 1 aromatic carbocycles. The van der Waals surface area contributed by atoms with E-state index in [0.717, 1.165) is 37.8 Å². The molecule has 6 heteroatoms. The van der Waals surface area contributed by atoms with Crippen LogP contribution in [0.2, 0.25) is 0 Å². The van der Waals surface area contributed by atoms with Gasteiger partial charge in [-0.15, -0.1) is 4.91 Å². The van der Waals surface area contributed by atoms with Crippen LogP contribution in [-0.4, -0.2) is 33.7 Å². The van der Waals surface area contributed by atoms with Gasteiger partial charge in [0.25, 0.3) is 0 Å². The molecule has 1 N–H and O–H groups in total. The molecule has 2 heterocycles. The molecule has 0 radical (unpaired) electrons. The Balaban J connectivity index is 1.47. The second-order valence-corrected chi connectivity index (χ2v) is 8.87. The lowest BCUT2D eigenvalue weighted by atomic mass is 9.79. The maximum atomic E-state index is 13.6. The van der Waals surface area contributed by atoms with Crippen LogP contribution < -0.4 is 0 Å². The molecule has 2 aliphatic rings. The number of nitroso groups, excluding NO2 is 1. The van der Waals surface area contributed by atoms with Gasteiger partial charge in [0.2, 0.25) is 5.88 Å². The zero-order valence-corrected chi connectivity index (χ0v) is 16.8. The fraction of sp³-hybridized carbons (Fsp3) is 0.636. The number of hydrogen-bond donors (Lipinski definition) is 1. The van der Waals surface area contributed by atoms with Gasteiger partial charge in [-0.1, -0.05) is 13.8 Å². The molecule has 0 amide bonds. The Hall–Kier alpha value is -1.95. The molecule has 0 spiro atoms. The largest absolute Gasteiger partial charge is 0.493 e. The molecule has 0 unspecified atom stereocenters. The highest BCUT2D eigenvalue weighted by Crippen LogP contribution is 2.43. The molecular formula is C22H30FN3O2. The summed E-state index contributed by atoms with van der Waals surface area (Å²) in [6.45, 7) is 6.65. The highest BCUT2D eigenvalue weighted by molar-refractivity contribution is 5.95. The number of halogens is 1. The van der Waals surface area contributed by atoms with Gasteiger partial charge in [-0.3, -0.25) is 0 Å². The molecule has 28 heavy (non-hydrogen) atoms. The molecular weight excluding hydrogens is 357 g/mol. The molecule has 1 aliphatic carbocycles. The van der Waals surface area contributed by atoms with Crippen LogP contribution in [0.5, 0.6) is 5.88 Å². The van der Waals surface area contributed by atoms with E-state index in [2.05, 4.69) is 23.9 Å². The van der Waals surface area contributed by atoms with Crippen LogP contribution in [0, 0.1) is 22.6 Å². The Morgan fingerprint density at radius 2 is 1.75 bits per heavy atom.